The van der Waals surface area contributed by atoms with Crippen LogP contribution in [0.1, 0.15) is 37.7 Å². The molecule has 0 spiro atoms. The fraction of sp³-hybridized carbons (Fsp3) is 0.259. The maximum atomic E-state index is 2.35. The van der Waals surface area contributed by atoms with Gasteiger partial charge in [0.15, 0.2) is 0 Å². The molecular formula is C27H28Se2. The zero-order valence-electron chi connectivity index (χ0n) is 16.8. The van der Waals surface area contributed by atoms with Gasteiger partial charge in [-0.1, -0.05) is 0 Å². The minimum atomic E-state index is 0.389. The third kappa shape index (κ3) is 5.97. The van der Waals surface area contributed by atoms with Gasteiger partial charge in [0, 0.05) is 0 Å². The van der Waals surface area contributed by atoms with Crippen molar-refractivity contribution in [2.45, 2.75) is 37.4 Å². The van der Waals surface area contributed by atoms with E-state index in [0.717, 1.165) is 5.92 Å². The Morgan fingerprint density at radius 2 is 1.21 bits per heavy atom. The Balaban J connectivity index is 1.72. The topological polar surface area (TPSA) is 0 Å². The van der Waals surface area contributed by atoms with Crippen molar-refractivity contribution in [3.05, 3.63) is 101 Å². The standard InChI is InChI=1S/C27H28Se2/c1-5-13-22(14-6-1)27(23-15-7-2-8-16-23)26(29-25-19-11-4-12-20-25)21-28-24-17-9-3-10-18-24/h1,3-6,9-14,17-20,23H,2,7-8,15-16,21H2/b27-26+. The van der Waals surface area contributed by atoms with Crippen molar-refractivity contribution in [3.63, 3.8) is 0 Å². The Morgan fingerprint density at radius 3 is 1.83 bits per heavy atom. The monoisotopic (exact) mass is 512 g/mol. The summed E-state index contributed by atoms with van der Waals surface area (Å²) >= 11 is 0.877. The van der Waals surface area contributed by atoms with Crippen LogP contribution in [0.25, 0.3) is 5.57 Å². The van der Waals surface area contributed by atoms with E-state index in [2.05, 4.69) is 91.0 Å². The molecule has 2 heteroatoms. The van der Waals surface area contributed by atoms with Gasteiger partial charge in [0.05, 0.1) is 0 Å². The number of hydrogen-bond acceptors (Lipinski definition) is 0. The van der Waals surface area contributed by atoms with Crippen LogP contribution in [0.3, 0.4) is 0 Å². The molecule has 0 nitrogen and oxygen atoms in total. The zero-order valence-corrected chi connectivity index (χ0v) is 20.2. The summed E-state index contributed by atoms with van der Waals surface area (Å²) in [6.45, 7) is 0. The predicted molar refractivity (Wildman–Crippen MR) is 128 cm³/mol. The van der Waals surface area contributed by atoms with Crippen molar-refractivity contribution in [3.8, 4) is 0 Å². The van der Waals surface area contributed by atoms with Crippen molar-refractivity contribution in [1.82, 2.24) is 0 Å². The van der Waals surface area contributed by atoms with Crippen LogP contribution in [0, 0.1) is 5.92 Å². The van der Waals surface area contributed by atoms with Crippen LogP contribution in [0.4, 0.5) is 0 Å². The molecule has 0 N–H and O–H groups in total. The second-order valence-corrected chi connectivity index (χ2v) is 12.2. The van der Waals surface area contributed by atoms with Crippen molar-refractivity contribution >= 4 is 44.4 Å². The van der Waals surface area contributed by atoms with Crippen LogP contribution in [-0.2, 0) is 0 Å². The van der Waals surface area contributed by atoms with Crippen LogP contribution in [0.5, 0.6) is 0 Å². The van der Waals surface area contributed by atoms with Crippen molar-refractivity contribution in [2.24, 2.45) is 5.92 Å². The molecule has 0 saturated heterocycles. The first-order chi connectivity index (χ1) is 14.4. The summed E-state index contributed by atoms with van der Waals surface area (Å²) in [5.74, 6) is 0.735. The fourth-order valence-corrected chi connectivity index (χ4v) is 9.22. The molecule has 0 aliphatic heterocycles. The molecule has 1 fully saturated rings. The Morgan fingerprint density at radius 1 is 0.655 bits per heavy atom. The van der Waals surface area contributed by atoms with Gasteiger partial charge in [-0.05, 0) is 0 Å². The quantitative estimate of drug-likeness (QED) is 0.371. The summed E-state index contributed by atoms with van der Waals surface area (Å²) in [5, 5.41) is 1.23. The van der Waals surface area contributed by atoms with E-state index >= 15 is 0 Å². The zero-order chi connectivity index (χ0) is 19.7. The van der Waals surface area contributed by atoms with E-state index < -0.39 is 0 Å². The number of benzene rings is 3. The second-order valence-electron chi connectivity index (χ2n) is 7.55. The number of hydrogen-bond donors (Lipinski definition) is 0. The minimum absolute atomic E-state index is 0.389. The van der Waals surface area contributed by atoms with Gasteiger partial charge in [-0.15, -0.1) is 0 Å². The van der Waals surface area contributed by atoms with Gasteiger partial charge in [-0.2, -0.15) is 0 Å². The van der Waals surface area contributed by atoms with Crippen LogP contribution in [0.15, 0.2) is 95.5 Å². The maximum absolute atomic E-state index is 2.35. The van der Waals surface area contributed by atoms with Crippen molar-refractivity contribution in [2.75, 3.05) is 0 Å². The third-order valence-corrected chi connectivity index (χ3v) is 10.9. The van der Waals surface area contributed by atoms with Gasteiger partial charge < -0.3 is 0 Å². The first kappa shape index (κ1) is 20.7. The van der Waals surface area contributed by atoms with E-state index in [1.54, 1.807) is 10.0 Å². The SMILES string of the molecule is c1ccc([Se]C/C([Se]c2ccccc2)=C(/c2ccccc2)C2CCCCC2)cc1. The number of allylic oxidation sites excluding steroid dienone is 2. The molecule has 0 atom stereocenters. The summed E-state index contributed by atoms with van der Waals surface area (Å²) in [5.41, 5.74) is 3.16. The molecule has 0 heterocycles. The van der Waals surface area contributed by atoms with Gasteiger partial charge >= 0.3 is 189 Å². The van der Waals surface area contributed by atoms with E-state index in [1.807, 2.05) is 0 Å². The summed E-state index contributed by atoms with van der Waals surface area (Å²) < 4.78 is 4.74. The summed E-state index contributed by atoms with van der Waals surface area (Å²) in [6.07, 6.45) is 6.90. The first-order valence-electron chi connectivity index (χ1n) is 10.6. The average molecular weight is 510 g/mol. The van der Waals surface area contributed by atoms with E-state index in [9.17, 15) is 0 Å². The molecule has 1 saturated carbocycles. The molecule has 0 amide bonds. The van der Waals surface area contributed by atoms with Crippen molar-refractivity contribution < 1.29 is 0 Å². The van der Waals surface area contributed by atoms with Crippen LogP contribution in [-0.4, -0.2) is 29.9 Å². The first-order valence-corrected chi connectivity index (χ1v) is 14.4. The van der Waals surface area contributed by atoms with Crippen LogP contribution < -0.4 is 8.92 Å². The van der Waals surface area contributed by atoms with Crippen LogP contribution >= 0.6 is 0 Å². The Labute approximate surface area is 188 Å². The molecule has 0 unspecified atom stereocenters. The fourth-order valence-electron chi connectivity index (χ4n) is 4.09. The van der Waals surface area contributed by atoms with Crippen molar-refractivity contribution in [1.29, 1.82) is 0 Å². The second kappa shape index (κ2) is 11.0. The van der Waals surface area contributed by atoms with E-state index in [0.29, 0.717) is 29.9 Å². The van der Waals surface area contributed by atoms with E-state index in [-0.39, 0.29) is 0 Å². The van der Waals surface area contributed by atoms with E-state index in [4.69, 9.17) is 0 Å². The molecule has 4 rings (SSSR count). The van der Waals surface area contributed by atoms with E-state index in [1.165, 1.54) is 51.9 Å². The Hall–Kier alpha value is -1.56. The summed E-state index contributed by atoms with van der Waals surface area (Å²) in [7, 11) is 0. The molecule has 1 aliphatic carbocycles. The molecule has 0 radical (unpaired) electrons. The van der Waals surface area contributed by atoms with Gasteiger partial charge in [-0.3, -0.25) is 0 Å². The van der Waals surface area contributed by atoms with Gasteiger partial charge in [-0.25, -0.2) is 0 Å². The molecular weight excluding hydrogens is 482 g/mol. The molecule has 1 aliphatic rings. The summed E-state index contributed by atoms with van der Waals surface area (Å²) in [4.78, 5) is 0. The molecule has 0 aromatic heterocycles. The summed E-state index contributed by atoms with van der Waals surface area (Å²) in [6, 6.07) is 33.5. The molecule has 3 aromatic carbocycles. The number of rotatable bonds is 7. The third-order valence-electron chi connectivity index (χ3n) is 5.50. The Kier molecular flexibility index (Phi) is 7.85. The van der Waals surface area contributed by atoms with Gasteiger partial charge in [0.25, 0.3) is 0 Å². The normalized spacial score (nSPS) is 15.7. The predicted octanol–water partition coefficient (Wildman–Crippen LogP) is 5.46. The molecule has 3 aromatic rings. The van der Waals surface area contributed by atoms with Gasteiger partial charge in [0.2, 0.25) is 0 Å². The van der Waals surface area contributed by atoms with Gasteiger partial charge in [0.1, 0.15) is 0 Å². The molecule has 0 bridgehead atoms. The Bertz CT molecular complexity index is 895. The van der Waals surface area contributed by atoms with Crippen LogP contribution in [0.2, 0.25) is 5.32 Å². The molecule has 29 heavy (non-hydrogen) atoms. The average Bonchev–Trinajstić information content (AvgIpc) is 2.80. The molecule has 148 valence electrons.